The number of rotatable bonds is 5. The van der Waals surface area contributed by atoms with E-state index in [1.54, 1.807) is 0 Å². The van der Waals surface area contributed by atoms with Gasteiger partial charge in [-0.25, -0.2) is 0 Å². The average Bonchev–Trinajstić information content (AvgIpc) is 2.82. The van der Waals surface area contributed by atoms with Crippen molar-refractivity contribution in [2.75, 3.05) is 25.5 Å². The van der Waals surface area contributed by atoms with Gasteiger partial charge in [0, 0.05) is 25.8 Å². The molecule has 0 amide bonds. The molecule has 2 heteroatoms. The van der Waals surface area contributed by atoms with Crippen molar-refractivity contribution in [1.82, 2.24) is 5.32 Å². The largest absolute Gasteiger partial charge is 0.378 e. The lowest BCUT2D eigenvalue weighted by Crippen LogP contribution is -2.24. The summed E-state index contributed by atoms with van der Waals surface area (Å²) in [5, 5.41) is 3.70. The molecule has 3 atom stereocenters. The van der Waals surface area contributed by atoms with Crippen LogP contribution in [0.4, 0.5) is 5.69 Å². The Labute approximate surface area is 118 Å². The third-order valence-corrected chi connectivity index (χ3v) is 4.43. The summed E-state index contributed by atoms with van der Waals surface area (Å²) >= 11 is 0. The zero-order valence-corrected chi connectivity index (χ0v) is 12.8. The van der Waals surface area contributed by atoms with Gasteiger partial charge in [0.1, 0.15) is 0 Å². The van der Waals surface area contributed by atoms with Crippen LogP contribution in [0.3, 0.4) is 0 Å². The van der Waals surface area contributed by atoms with Gasteiger partial charge < -0.3 is 10.2 Å². The van der Waals surface area contributed by atoms with E-state index in [-0.39, 0.29) is 0 Å². The van der Waals surface area contributed by atoms with Crippen molar-refractivity contribution >= 4 is 5.69 Å². The SMILES string of the molecule is CC1CCC(CNC(C)c2ccc(N(C)C)cc2)C1. The first-order valence-electron chi connectivity index (χ1n) is 7.57. The third kappa shape index (κ3) is 3.97. The highest BCUT2D eigenvalue weighted by molar-refractivity contribution is 5.46. The predicted octanol–water partition coefficient (Wildman–Crippen LogP) is 3.84. The second-order valence-electron chi connectivity index (χ2n) is 6.40. The second-order valence-corrected chi connectivity index (χ2v) is 6.40. The van der Waals surface area contributed by atoms with Crippen LogP contribution < -0.4 is 10.2 Å². The number of hydrogen-bond acceptors (Lipinski definition) is 2. The van der Waals surface area contributed by atoms with E-state index >= 15 is 0 Å². The second kappa shape index (κ2) is 6.42. The molecule has 0 spiro atoms. The van der Waals surface area contributed by atoms with Crippen LogP contribution in [0.15, 0.2) is 24.3 Å². The molecule has 1 aliphatic carbocycles. The standard InChI is InChI=1S/C17H28N2/c1-13-5-6-15(11-13)12-18-14(2)16-7-9-17(10-8-16)19(3)4/h7-10,13-15,18H,5-6,11-12H2,1-4H3. The van der Waals surface area contributed by atoms with E-state index in [4.69, 9.17) is 0 Å². The Morgan fingerprint density at radius 3 is 2.42 bits per heavy atom. The molecule has 19 heavy (non-hydrogen) atoms. The zero-order chi connectivity index (χ0) is 13.8. The van der Waals surface area contributed by atoms with Gasteiger partial charge in [-0.2, -0.15) is 0 Å². The third-order valence-electron chi connectivity index (χ3n) is 4.43. The first kappa shape index (κ1) is 14.4. The summed E-state index contributed by atoms with van der Waals surface area (Å²) in [4.78, 5) is 2.14. The molecule has 1 aromatic carbocycles. The molecule has 0 bridgehead atoms. The van der Waals surface area contributed by atoms with Gasteiger partial charge in [0.05, 0.1) is 0 Å². The molecule has 106 valence electrons. The van der Waals surface area contributed by atoms with Crippen molar-refractivity contribution in [3.05, 3.63) is 29.8 Å². The minimum atomic E-state index is 0.451. The van der Waals surface area contributed by atoms with Gasteiger partial charge in [-0.15, -0.1) is 0 Å². The molecule has 1 aromatic rings. The molecule has 3 unspecified atom stereocenters. The van der Waals surface area contributed by atoms with Crippen LogP contribution >= 0.6 is 0 Å². The van der Waals surface area contributed by atoms with Crippen molar-refractivity contribution in [3.8, 4) is 0 Å². The monoisotopic (exact) mass is 260 g/mol. The van der Waals surface area contributed by atoms with Gasteiger partial charge in [-0.1, -0.05) is 25.5 Å². The predicted molar refractivity (Wildman–Crippen MR) is 83.7 cm³/mol. The Hall–Kier alpha value is -1.02. The maximum Gasteiger partial charge on any atom is 0.0361 e. The smallest absolute Gasteiger partial charge is 0.0361 e. The summed E-state index contributed by atoms with van der Waals surface area (Å²) in [5.41, 5.74) is 2.65. The Morgan fingerprint density at radius 2 is 1.89 bits per heavy atom. The number of anilines is 1. The van der Waals surface area contributed by atoms with Gasteiger partial charge in [0.15, 0.2) is 0 Å². The van der Waals surface area contributed by atoms with E-state index < -0.39 is 0 Å². The minimum absolute atomic E-state index is 0.451. The molecule has 0 aromatic heterocycles. The van der Waals surface area contributed by atoms with Crippen LogP contribution in [0.5, 0.6) is 0 Å². The first-order chi connectivity index (χ1) is 9.06. The van der Waals surface area contributed by atoms with Gasteiger partial charge in [0.2, 0.25) is 0 Å². The van der Waals surface area contributed by atoms with Crippen LogP contribution in [-0.2, 0) is 0 Å². The van der Waals surface area contributed by atoms with E-state index in [0.29, 0.717) is 6.04 Å². The van der Waals surface area contributed by atoms with Crippen molar-refractivity contribution in [1.29, 1.82) is 0 Å². The van der Waals surface area contributed by atoms with E-state index in [0.717, 1.165) is 11.8 Å². The molecule has 1 N–H and O–H groups in total. The lowest BCUT2D eigenvalue weighted by Gasteiger charge is -2.19. The number of nitrogens with one attached hydrogen (secondary N) is 1. The summed E-state index contributed by atoms with van der Waals surface area (Å²) in [5.74, 6) is 1.82. The van der Waals surface area contributed by atoms with E-state index in [9.17, 15) is 0 Å². The van der Waals surface area contributed by atoms with Crippen molar-refractivity contribution in [2.45, 2.75) is 39.2 Å². The van der Waals surface area contributed by atoms with Crippen LogP contribution in [0.1, 0.15) is 44.7 Å². The quantitative estimate of drug-likeness (QED) is 0.865. The van der Waals surface area contributed by atoms with Gasteiger partial charge in [0.25, 0.3) is 0 Å². The number of hydrogen-bond donors (Lipinski definition) is 1. The normalized spacial score (nSPS) is 24.4. The number of benzene rings is 1. The van der Waals surface area contributed by atoms with Crippen molar-refractivity contribution in [2.24, 2.45) is 11.8 Å². The molecule has 1 fully saturated rings. The minimum Gasteiger partial charge on any atom is -0.378 e. The molecule has 0 aliphatic heterocycles. The summed E-state index contributed by atoms with van der Waals surface area (Å²) < 4.78 is 0. The highest BCUT2D eigenvalue weighted by atomic mass is 15.1. The van der Waals surface area contributed by atoms with Gasteiger partial charge in [-0.05, 0) is 55.8 Å². The Bertz CT molecular complexity index is 383. The molecule has 2 nitrogen and oxygen atoms in total. The zero-order valence-electron chi connectivity index (χ0n) is 12.8. The van der Waals surface area contributed by atoms with Crippen molar-refractivity contribution in [3.63, 3.8) is 0 Å². The highest BCUT2D eigenvalue weighted by Gasteiger charge is 2.21. The van der Waals surface area contributed by atoms with E-state index in [1.165, 1.54) is 37.1 Å². The maximum absolute atomic E-state index is 3.70. The lowest BCUT2D eigenvalue weighted by molar-refractivity contribution is 0.440. The molecule has 2 rings (SSSR count). The van der Waals surface area contributed by atoms with E-state index in [2.05, 4.69) is 62.4 Å². The molecule has 1 saturated carbocycles. The lowest BCUT2D eigenvalue weighted by atomic mass is 10.0. The van der Waals surface area contributed by atoms with Crippen molar-refractivity contribution < 1.29 is 0 Å². The molecular formula is C17H28N2. The maximum atomic E-state index is 3.70. The average molecular weight is 260 g/mol. The molecule has 1 aliphatic rings. The van der Waals surface area contributed by atoms with E-state index in [1.807, 2.05) is 0 Å². The fraction of sp³-hybridized carbons (Fsp3) is 0.647. The highest BCUT2D eigenvalue weighted by Crippen LogP contribution is 2.30. The van der Waals surface area contributed by atoms with Crippen LogP contribution in [0.25, 0.3) is 0 Å². The summed E-state index contributed by atoms with van der Waals surface area (Å²) in [7, 11) is 4.16. The van der Waals surface area contributed by atoms with Gasteiger partial charge >= 0.3 is 0 Å². The number of nitrogens with zero attached hydrogens (tertiary/aromatic N) is 1. The molecule has 0 saturated heterocycles. The first-order valence-corrected chi connectivity index (χ1v) is 7.57. The Morgan fingerprint density at radius 1 is 1.21 bits per heavy atom. The molecule has 0 radical (unpaired) electrons. The fourth-order valence-corrected chi connectivity index (χ4v) is 3.03. The molecular weight excluding hydrogens is 232 g/mol. The topological polar surface area (TPSA) is 15.3 Å². The Kier molecular flexibility index (Phi) is 4.87. The fourth-order valence-electron chi connectivity index (χ4n) is 3.03. The van der Waals surface area contributed by atoms with Crippen LogP contribution in [-0.4, -0.2) is 20.6 Å². The summed E-state index contributed by atoms with van der Waals surface area (Å²) in [6.45, 7) is 5.81. The van der Waals surface area contributed by atoms with Gasteiger partial charge in [-0.3, -0.25) is 0 Å². The van der Waals surface area contributed by atoms with Crippen LogP contribution in [0, 0.1) is 11.8 Å². The summed E-state index contributed by atoms with van der Waals surface area (Å²) in [6, 6.07) is 9.33. The molecule has 0 heterocycles. The summed E-state index contributed by atoms with van der Waals surface area (Å²) in [6.07, 6.45) is 4.22. The van der Waals surface area contributed by atoms with Crippen LogP contribution in [0.2, 0.25) is 0 Å². The Balaban J connectivity index is 1.83.